The molecule has 0 saturated carbocycles. The first-order valence-corrected chi connectivity index (χ1v) is 12.5. The minimum absolute atomic E-state index is 0. The summed E-state index contributed by atoms with van der Waals surface area (Å²) in [5.41, 5.74) is 0. The average molecular weight is 520 g/mol. The van der Waals surface area contributed by atoms with Crippen LogP contribution in [0, 0.1) is 0 Å². The van der Waals surface area contributed by atoms with Gasteiger partial charge in [-0.25, -0.2) is 0 Å². The van der Waals surface area contributed by atoms with E-state index in [0.717, 1.165) is 25.7 Å². The molecule has 33 heavy (non-hydrogen) atoms. The molecule has 0 saturated heterocycles. The normalized spacial score (nSPS) is 11.3. The molecule has 0 rings (SSSR count). The maximum Gasteiger partial charge on any atom is 1.00 e. The van der Waals surface area contributed by atoms with Gasteiger partial charge in [-0.3, -0.25) is 4.79 Å². The summed E-state index contributed by atoms with van der Waals surface area (Å²) >= 11 is 0. The van der Waals surface area contributed by atoms with Crippen LogP contribution in [0.15, 0.2) is 12.2 Å². The van der Waals surface area contributed by atoms with Crippen molar-refractivity contribution < 1.29 is 128 Å². The molecule has 1 unspecified atom stereocenters. The number of hydrogen-bond donors (Lipinski definition) is 2. The molecule has 1 atom stereocenters. The molecule has 0 amide bonds. The number of unbranched alkanes of at least 4 members (excludes halogenated alkanes) is 11. The molecule has 0 fully saturated rings. The number of rotatable bonds is 18. The summed E-state index contributed by atoms with van der Waals surface area (Å²) in [7, 11) is -5.39. The van der Waals surface area contributed by atoms with E-state index < -0.39 is 13.9 Å². The quantitative estimate of drug-likeness (QED) is 0.0595. The van der Waals surface area contributed by atoms with Crippen molar-refractivity contribution in [1.29, 1.82) is 0 Å². The average Bonchev–Trinajstić information content (AvgIpc) is 2.67. The molecule has 0 aliphatic rings. The predicted octanol–water partition coefficient (Wildman–Crippen LogP) is -6.89. The van der Waals surface area contributed by atoms with Gasteiger partial charge in [-0.2, -0.15) is 7.82 Å². The number of esters is 1. The van der Waals surface area contributed by atoms with Crippen molar-refractivity contribution in [1.82, 2.24) is 0 Å². The van der Waals surface area contributed by atoms with Gasteiger partial charge in [-0.15, -0.1) is 0 Å². The van der Waals surface area contributed by atoms with E-state index >= 15 is 0 Å². The number of ether oxygens (including phenoxy) is 1. The van der Waals surface area contributed by atoms with Gasteiger partial charge in [0.1, 0.15) is 12.7 Å². The van der Waals surface area contributed by atoms with Crippen LogP contribution in [0.3, 0.4) is 0 Å². The number of carbonyl (C=O) groups is 1. The van der Waals surface area contributed by atoms with Gasteiger partial charge in [-0.05, 0) is 32.1 Å². The van der Waals surface area contributed by atoms with E-state index in [2.05, 4.69) is 19.1 Å². The number of hydrogen-bond acceptors (Lipinski definition) is 8. The van der Waals surface area contributed by atoms with Crippen LogP contribution in [0.2, 0.25) is 0 Å². The Morgan fingerprint density at radius 2 is 1.24 bits per heavy atom. The molecule has 0 bridgehead atoms. The molecule has 12 heteroatoms. The molecule has 0 heterocycles. The Labute approximate surface area is 266 Å². The van der Waals surface area contributed by atoms with E-state index in [1.54, 1.807) is 0 Å². The van der Waals surface area contributed by atoms with Crippen LogP contribution < -0.4 is 103 Å². The topological polar surface area (TPSA) is 153 Å². The molecule has 0 spiro atoms. The Bertz CT molecular complexity index is 457. The third-order valence-corrected chi connectivity index (χ3v) is 4.29. The van der Waals surface area contributed by atoms with Gasteiger partial charge in [-0.1, -0.05) is 70.4 Å². The molecular formula is C21H40Na3O8P. The summed E-state index contributed by atoms with van der Waals surface area (Å²) < 4.78 is 13.4. The number of aliphatic hydroxyl groups excluding tert-OH is 2. The SMILES string of the molecule is CCCCCCCCC=CCCCCCCCC(=O)OCC(O)CO.O=P([O-])([O-])[O-].[Na+].[Na+].[Na+]. The van der Waals surface area contributed by atoms with Crippen molar-refractivity contribution in [2.24, 2.45) is 0 Å². The smallest absolute Gasteiger partial charge is 0.822 e. The maximum atomic E-state index is 11.4. The molecule has 8 nitrogen and oxygen atoms in total. The summed E-state index contributed by atoms with van der Waals surface area (Å²) in [5.74, 6) is -0.287. The third-order valence-electron chi connectivity index (χ3n) is 4.29. The molecular weight excluding hydrogens is 480 g/mol. The summed E-state index contributed by atoms with van der Waals surface area (Å²) in [4.78, 5) is 37.0. The maximum absolute atomic E-state index is 11.4. The Kier molecular flexibility index (Phi) is 46.9. The Hall–Kier alpha value is 2.24. The second-order valence-corrected chi connectivity index (χ2v) is 8.20. The molecule has 2 N–H and O–H groups in total. The van der Waals surface area contributed by atoms with Crippen molar-refractivity contribution in [3.8, 4) is 0 Å². The van der Waals surface area contributed by atoms with Gasteiger partial charge in [0.2, 0.25) is 0 Å². The van der Waals surface area contributed by atoms with Crippen molar-refractivity contribution in [2.45, 2.75) is 103 Å². The molecule has 0 aromatic carbocycles. The summed E-state index contributed by atoms with van der Waals surface area (Å²) in [6.45, 7) is 1.77. The monoisotopic (exact) mass is 520 g/mol. The van der Waals surface area contributed by atoms with Crippen molar-refractivity contribution in [3.63, 3.8) is 0 Å². The second-order valence-electron chi connectivity index (χ2n) is 7.30. The van der Waals surface area contributed by atoms with Crippen molar-refractivity contribution in [2.75, 3.05) is 13.2 Å². The zero-order chi connectivity index (χ0) is 23.1. The van der Waals surface area contributed by atoms with E-state index in [1.165, 1.54) is 57.8 Å². The van der Waals surface area contributed by atoms with E-state index in [-0.39, 0.29) is 108 Å². The number of allylic oxidation sites excluding steroid dienone is 2. The van der Waals surface area contributed by atoms with Gasteiger partial charge < -0.3 is 34.2 Å². The third kappa shape index (κ3) is 51.7. The number of carbonyl (C=O) groups excluding carboxylic acids is 1. The van der Waals surface area contributed by atoms with Crippen LogP contribution in [0.4, 0.5) is 0 Å². The fraction of sp³-hybridized carbons (Fsp3) is 0.857. The van der Waals surface area contributed by atoms with Gasteiger partial charge >= 0.3 is 94.6 Å². The minimum atomic E-state index is -5.39. The molecule has 0 radical (unpaired) electrons. The number of phosphoric acid groups is 1. The fourth-order valence-corrected chi connectivity index (χ4v) is 2.65. The van der Waals surface area contributed by atoms with E-state index in [4.69, 9.17) is 34.2 Å². The molecule has 0 aromatic rings. The molecule has 0 aliphatic carbocycles. The Balaban J connectivity index is -0.000000293. The van der Waals surface area contributed by atoms with Crippen molar-refractivity contribution in [3.05, 3.63) is 12.2 Å². The molecule has 0 aliphatic heterocycles. The fourth-order valence-electron chi connectivity index (χ4n) is 2.65. The first-order chi connectivity index (χ1) is 14.2. The summed E-state index contributed by atoms with van der Waals surface area (Å²) in [6.07, 6.45) is 20.1. The predicted molar refractivity (Wildman–Crippen MR) is 111 cm³/mol. The van der Waals surface area contributed by atoms with Crippen LogP contribution in [0.25, 0.3) is 0 Å². The number of aliphatic hydroxyl groups is 2. The van der Waals surface area contributed by atoms with Crippen LogP contribution in [-0.2, 0) is 14.1 Å². The zero-order valence-electron chi connectivity index (χ0n) is 21.3. The van der Waals surface area contributed by atoms with Crippen LogP contribution in [0.1, 0.15) is 96.8 Å². The van der Waals surface area contributed by atoms with E-state index in [1.807, 2.05) is 0 Å². The molecule has 0 aromatic heterocycles. The van der Waals surface area contributed by atoms with Crippen molar-refractivity contribution >= 4 is 13.8 Å². The van der Waals surface area contributed by atoms with Gasteiger partial charge in [0.05, 0.1) is 6.61 Å². The van der Waals surface area contributed by atoms with Crippen LogP contribution >= 0.6 is 7.82 Å². The van der Waals surface area contributed by atoms with Gasteiger partial charge in [0, 0.05) is 6.42 Å². The zero-order valence-corrected chi connectivity index (χ0v) is 28.2. The van der Waals surface area contributed by atoms with E-state index in [9.17, 15) is 4.79 Å². The standard InChI is InChI=1S/C21H40O4.3Na.H3O4P/c1-2-3-4-5-6-7-8-9-10-11-12-13-14-15-16-17-21(24)25-19-20(23)18-22;;;;1-5(2,3)4/h9-10,20,22-23H,2-8,11-19H2,1H3;;;;(H3,1,2,3,4)/q;3*+1;/p-3. The first-order valence-electron chi connectivity index (χ1n) is 11.0. The Morgan fingerprint density at radius 1 is 0.848 bits per heavy atom. The van der Waals surface area contributed by atoms with E-state index in [0.29, 0.717) is 6.42 Å². The van der Waals surface area contributed by atoms with Crippen LogP contribution in [0.5, 0.6) is 0 Å². The van der Waals surface area contributed by atoms with Gasteiger partial charge in [0.15, 0.2) is 0 Å². The summed E-state index contributed by atoms with van der Waals surface area (Å²) in [6, 6.07) is 0. The second kappa shape index (κ2) is 34.2. The Morgan fingerprint density at radius 3 is 1.67 bits per heavy atom. The first kappa shape index (κ1) is 45.2. The van der Waals surface area contributed by atoms with Crippen LogP contribution in [-0.4, -0.2) is 35.5 Å². The van der Waals surface area contributed by atoms with Gasteiger partial charge in [0.25, 0.3) is 0 Å². The largest absolute Gasteiger partial charge is 1.00 e. The molecule has 180 valence electrons. The minimum Gasteiger partial charge on any atom is -0.822 e. The summed E-state index contributed by atoms with van der Waals surface area (Å²) in [5, 5.41) is 17.7.